The number of aliphatic carboxylic acids is 1. The van der Waals surface area contributed by atoms with Crippen molar-refractivity contribution < 1.29 is 14.7 Å². The highest BCUT2D eigenvalue weighted by Crippen LogP contribution is 2.05. The van der Waals surface area contributed by atoms with Crippen LogP contribution in [0.15, 0.2) is 30.3 Å². The highest BCUT2D eigenvalue weighted by atomic mass is 16.4. The Bertz CT molecular complexity index is 449. The fourth-order valence-electron chi connectivity index (χ4n) is 1.82. The van der Waals surface area contributed by atoms with Crippen LogP contribution in [0.25, 0.3) is 0 Å². The van der Waals surface area contributed by atoms with Gasteiger partial charge in [0, 0.05) is 13.1 Å². The van der Waals surface area contributed by atoms with Gasteiger partial charge in [-0.3, -0.25) is 0 Å². The first-order chi connectivity index (χ1) is 9.99. The van der Waals surface area contributed by atoms with Crippen molar-refractivity contribution in [2.45, 2.75) is 18.9 Å². The zero-order valence-electron chi connectivity index (χ0n) is 12.5. The molecular formula is C15H23N3O3. The summed E-state index contributed by atoms with van der Waals surface area (Å²) < 4.78 is 0. The number of nitrogens with zero attached hydrogens (tertiary/aromatic N) is 1. The fraction of sp³-hybridized carbons (Fsp3) is 0.467. The van der Waals surface area contributed by atoms with Crippen molar-refractivity contribution >= 4 is 12.0 Å². The number of likely N-dealkylation sites (N-methyl/N-ethyl adjacent to an activating group) is 1. The van der Waals surface area contributed by atoms with E-state index >= 15 is 0 Å². The van der Waals surface area contributed by atoms with Gasteiger partial charge in [0.25, 0.3) is 0 Å². The number of urea groups is 1. The number of amides is 2. The lowest BCUT2D eigenvalue weighted by molar-refractivity contribution is -0.139. The van der Waals surface area contributed by atoms with Crippen molar-refractivity contribution in [2.75, 3.05) is 27.2 Å². The van der Waals surface area contributed by atoms with Gasteiger partial charge in [-0.25, -0.2) is 9.59 Å². The Morgan fingerprint density at radius 2 is 1.90 bits per heavy atom. The molecule has 0 heterocycles. The molecule has 0 bridgehead atoms. The molecule has 2 amide bonds. The highest BCUT2D eigenvalue weighted by molar-refractivity contribution is 5.82. The van der Waals surface area contributed by atoms with Crippen LogP contribution in [0.2, 0.25) is 0 Å². The molecule has 6 heteroatoms. The van der Waals surface area contributed by atoms with Gasteiger partial charge in [-0.05, 0) is 32.5 Å². The predicted octanol–water partition coefficient (Wildman–Crippen LogP) is 0.933. The van der Waals surface area contributed by atoms with Crippen molar-refractivity contribution in [3.8, 4) is 0 Å². The van der Waals surface area contributed by atoms with Crippen LogP contribution in [-0.2, 0) is 11.2 Å². The van der Waals surface area contributed by atoms with E-state index in [4.69, 9.17) is 5.11 Å². The molecule has 0 saturated carbocycles. The minimum Gasteiger partial charge on any atom is -0.480 e. The van der Waals surface area contributed by atoms with Crippen LogP contribution in [0.5, 0.6) is 0 Å². The Labute approximate surface area is 125 Å². The molecule has 0 aliphatic heterocycles. The maximum atomic E-state index is 11.6. The Balaban J connectivity index is 2.39. The maximum absolute atomic E-state index is 11.6. The smallest absolute Gasteiger partial charge is 0.326 e. The largest absolute Gasteiger partial charge is 0.480 e. The minimum atomic E-state index is -1.02. The van der Waals surface area contributed by atoms with E-state index in [2.05, 4.69) is 10.6 Å². The van der Waals surface area contributed by atoms with E-state index in [0.717, 1.165) is 5.56 Å². The SMILES string of the molecule is CN(C)CCNC(=O)NC(CCc1ccccc1)C(=O)O. The Kier molecular flexibility index (Phi) is 7.25. The van der Waals surface area contributed by atoms with Gasteiger partial charge in [0.1, 0.15) is 6.04 Å². The molecule has 0 aromatic heterocycles. The molecule has 0 aliphatic carbocycles. The molecule has 1 rings (SSSR count). The molecule has 0 spiro atoms. The summed E-state index contributed by atoms with van der Waals surface area (Å²) in [7, 11) is 3.80. The van der Waals surface area contributed by atoms with E-state index < -0.39 is 18.0 Å². The summed E-state index contributed by atoms with van der Waals surface area (Å²) in [6.07, 6.45) is 0.968. The van der Waals surface area contributed by atoms with Gasteiger partial charge in [-0.2, -0.15) is 0 Å². The van der Waals surface area contributed by atoms with Crippen LogP contribution in [0.4, 0.5) is 4.79 Å². The van der Waals surface area contributed by atoms with Gasteiger partial charge in [0.15, 0.2) is 0 Å². The summed E-state index contributed by atoms with van der Waals surface area (Å²) >= 11 is 0. The van der Waals surface area contributed by atoms with Gasteiger partial charge in [0.2, 0.25) is 0 Å². The number of nitrogens with one attached hydrogen (secondary N) is 2. The zero-order chi connectivity index (χ0) is 15.7. The fourth-order valence-corrected chi connectivity index (χ4v) is 1.82. The van der Waals surface area contributed by atoms with Crippen molar-refractivity contribution in [1.82, 2.24) is 15.5 Å². The molecule has 1 aromatic carbocycles. The lowest BCUT2D eigenvalue weighted by atomic mass is 10.1. The number of aryl methyl sites for hydroxylation is 1. The molecule has 21 heavy (non-hydrogen) atoms. The minimum absolute atomic E-state index is 0.362. The summed E-state index contributed by atoms with van der Waals surface area (Å²) in [5.41, 5.74) is 1.05. The second kappa shape index (κ2) is 8.97. The first-order valence-corrected chi connectivity index (χ1v) is 6.95. The van der Waals surface area contributed by atoms with Crippen molar-refractivity contribution in [3.63, 3.8) is 0 Å². The molecule has 1 unspecified atom stereocenters. The van der Waals surface area contributed by atoms with Crippen LogP contribution < -0.4 is 10.6 Å². The third-order valence-electron chi connectivity index (χ3n) is 3.01. The van der Waals surface area contributed by atoms with Crippen LogP contribution in [-0.4, -0.2) is 55.2 Å². The molecule has 1 atom stereocenters. The molecule has 0 aliphatic rings. The molecule has 116 valence electrons. The number of rotatable bonds is 8. The summed E-state index contributed by atoms with van der Waals surface area (Å²) in [5, 5.41) is 14.3. The first-order valence-electron chi connectivity index (χ1n) is 6.95. The Morgan fingerprint density at radius 1 is 1.24 bits per heavy atom. The second-order valence-electron chi connectivity index (χ2n) is 5.12. The monoisotopic (exact) mass is 293 g/mol. The average Bonchev–Trinajstić information content (AvgIpc) is 2.43. The zero-order valence-corrected chi connectivity index (χ0v) is 12.5. The summed E-state index contributed by atoms with van der Waals surface area (Å²) in [4.78, 5) is 24.8. The van der Waals surface area contributed by atoms with Crippen LogP contribution >= 0.6 is 0 Å². The van der Waals surface area contributed by atoms with Gasteiger partial charge in [-0.15, -0.1) is 0 Å². The van der Waals surface area contributed by atoms with Crippen LogP contribution in [0.3, 0.4) is 0 Å². The van der Waals surface area contributed by atoms with Crippen molar-refractivity contribution in [3.05, 3.63) is 35.9 Å². The number of carbonyl (C=O) groups excluding carboxylic acids is 1. The first kappa shape index (κ1) is 17.0. The van der Waals surface area contributed by atoms with E-state index in [9.17, 15) is 9.59 Å². The van der Waals surface area contributed by atoms with E-state index in [1.165, 1.54) is 0 Å². The van der Waals surface area contributed by atoms with Gasteiger partial charge in [0.05, 0.1) is 0 Å². The standard InChI is InChI=1S/C15H23N3O3/c1-18(2)11-10-16-15(21)17-13(14(19)20)9-8-12-6-4-3-5-7-12/h3-7,13H,8-11H2,1-2H3,(H,19,20)(H2,16,17,21). The quantitative estimate of drug-likeness (QED) is 0.666. The van der Waals surface area contributed by atoms with E-state index in [1.54, 1.807) is 0 Å². The molecule has 6 nitrogen and oxygen atoms in total. The number of hydrogen-bond acceptors (Lipinski definition) is 3. The number of hydrogen-bond donors (Lipinski definition) is 3. The summed E-state index contributed by atoms with van der Waals surface area (Å²) in [6.45, 7) is 1.18. The Morgan fingerprint density at radius 3 is 2.48 bits per heavy atom. The van der Waals surface area contributed by atoms with Gasteiger partial charge >= 0.3 is 12.0 Å². The van der Waals surface area contributed by atoms with Crippen LogP contribution in [0.1, 0.15) is 12.0 Å². The lowest BCUT2D eigenvalue weighted by Gasteiger charge is -2.16. The number of carbonyl (C=O) groups is 2. The van der Waals surface area contributed by atoms with Gasteiger partial charge in [-0.1, -0.05) is 30.3 Å². The summed E-state index contributed by atoms with van der Waals surface area (Å²) in [5.74, 6) is -1.02. The molecule has 0 fully saturated rings. The van der Waals surface area contributed by atoms with E-state index in [0.29, 0.717) is 25.9 Å². The topological polar surface area (TPSA) is 81.7 Å². The van der Waals surface area contributed by atoms with Crippen molar-refractivity contribution in [1.29, 1.82) is 0 Å². The number of carboxylic acid groups (broad SMARTS) is 1. The van der Waals surface area contributed by atoms with Crippen molar-refractivity contribution in [2.24, 2.45) is 0 Å². The van der Waals surface area contributed by atoms with E-state index in [-0.39, 0.29) is 0 Å². The highest BCUT2D eigenvalue weighted by Gasteiger charge is 2.19. The normalized spacial score (nSPS) is 12.0. The van der Waals surface area contributed by atoms with Crippen LogP contribution in [0, 0.1) is 0 Å². The predicted molar refractivity (Wildman–Crippen MR) is 81.3 cm³/mol. The summed E-state index contributed by atoms with van der Waals surface area (Å²) in [6, 6.07) is 8.28. The lowest BCUT2D eigenvalue weighted by Crippen LogP contribution is -2.47. The molecule has 0 radical (unpaired) electrons. The third-order valence-corrected chi connectivity index (χ3v) is 3.01. The number of carboxylic acids is 1. The Hall–Kier alpha value is -2.08. The van der Waals surface area contributed by atoms with Gasteiger partial charge < -0.3 is 20.6 Å². The average molecular weight is 293 g/mol. The molecular weight excluding hydrogens is 270 g/mol. The second-order valence-corrected chi connectivity index (χ2v) is 5.12. The molecule has 3 N–H and O–H groups in total. The third kappa shape index (κ3) is 7.31. The number of benzene rings is 1. The van der Waals surface area contributed by atoms with E-state index in [1.807, 2.05) is 49.3 Å². The molecule has 1 aromatic rings. The molecule has 0 saturated heterocycles. The maximum Gasteiger partial charge on any atom is 0.326 e.